The second-order valence-corrected chi connectivity index (χ2v) is 3.22. The zero-order chi connectivity index (χ0) is 11.6. The topological polar surface area (TPSA) is 59.4 Å². The SMILES string of the molecule is O=C(O)c1cnc(OC(F)(F)F)c(Br)c1. The second-order valence-electron chi connectivity index (χ2n) is 2.36. The lowest BCUT2D eigenvalue weighted by Crippen LogP contribution is -2.18. The monoisotopic (exact) mass is 285 g/mol. The van der Waals surface area contributed by atoms with E-state index in [0.29, 0.717) is 0 Å². The van der Waals surface area contributed by atoms with Crippen LogP contribution in [0, 0.1) is 0 Å². The molecule has 1 rings (SSSR count). The molecule has 1 aromatic rings. The average molecular weight is 286 g/mol. The molecule has 0 aliphatic heterocycles. The molecule has 15 heavy (non-hydrogen) atoms. The van der Waals surface area contributed by atoms with Crippen LogP contribution in [0.3, 0.4) is 0 Å². The summed E-state index contributed by atoms with van der Waals surface area (Å²) in [5.41, 5.74) is -0.239. The lowest BCUT2D eigenvalue weighted by Gasteiger charge is -2.09. The van der Waals surface area contributed by atoms with Crippen molar-refractivity contribution in [2.75, 3.05) is 0 Å². The van der Waals surface area contributed by atoms with E-state index in [2.05, 4.69) is 25.7 Å². The Kier molecular flexibility index (Phi) is 3.18. The fourth-order valence-corrected chi connectivity index (χ4v) is 1.16. The minimum atomic E-state index is -4.86. The van der Waals surface area contributed by atoms with Gasteiger partial charge in [0, 0.05) is 6.20 Å². The highest BCUT2D eigenvalue weighted by atomic mass is 79.9. The molecule has 0 unspecified atom stereocenters. The van der Waals surface area contributed by atoms with Gasteiger partial charge in [-0.1, -0.05) is 0 Å². The number of carboxylic acids is 1. The van der Waals surface area contributed by atoms with Crippen LogP contribution in [0.2, 0.25) is 0 Å². The molecule has 0 saturated carbocycles. The van der Waals surface area contributed by atoms with Gasteiger partial charge >= 0.3 is 12.3 Å². The van der Waals surface area contributed by atoms with E-state index >= 15 is 0 Å². The van der Waals surface area contributed by atoms with Crippen LogP contribution < -0.4 is 4.74 Å². The lowest BCUT2D eigenvalue weighted by atomic mass is 10.3. The zero-order valence-electron chi connectivity index (χ0n) is 6.88. The Labute approximate surface area is 89.8 Å². The van der Waals surface area contributed by atoms with Crippen LogP contribution in [0.25, 0.3) is 0 Å². The van der Waals surface area contributed by atoms with Crippen molar-refractivity contribution in [3.63, 3.8) is 0 Å². The van der Waals surface area contributed by atoms with Gasteiger partial charge in [-0.05, 0) is 22.0 Å². The summed E-state index contributed by atoms with van der Waals surface area (Å²) in [5, 5.41) is 8.51. The first-order chi connectivity index (χ1) is 6.79. The van der Waals surface area contributed by atoms with Crippen LogP contribution in [0.4, 0.5) is 13.2 Å². The summed E-state index contributed by atoms with van der Waals surface area (Å²) in [4.78, 5) is 13.6. The highest BCUT2D eigenvalue weighted by molar-refractivity contribution is 9.10. The summed E-state index contributed by atoms with van der Waals surface area (Å²) in [6, 6.07) is 0.969. The highest BCUT2D eigenvalue weighted by Crippen LogP contribution is 2.28. The molecule has 0 aromatic carbocycles. The molecule has 0 amide bonds. The van der Waals surface area contributed by atoms with Crippen molar-refractivity contribution in [1.82, 2.24) is 4.98 Å². The molecule has 0 saturated heterocycles. The van der Waals surface area contributed by atoms with E-state index in [1.54, 1.807) is 0 Å². The Morgan fingerprint density at radius 1 is 1.53 bits per heavy atom. The predicted molar refractivity (Wildman–Crippen MR) is 45.6 cm³/mol. The molecule has 1 N–H and O–H groups in total. The molecule has 0 radical (unpaired) electrons. The van der Waals surface area contributed by atoms with Gasteiger partial charge in [-0.15, -0.1) is 13.2 Å². The van der Waals surface area contributed by atoms with E-state index < -0.39 is 18.2 Å². The molecule has 82 valence electrons. The zero-order valence-corrected chi connectivity index (χ0v) is 8.46. The van der Waals surface area contributed by atoms with E-state index in [1.807, 2.05) is 0 Å². The van der Waals surface area contributed by atoms with Crippen molar-refractivity contribution in [2.45, 2.75) is 6.36 Å². The van der Waals surface area contributed by atoms with Crippen LogP contribution in [-0.4, -0.2) is 22.4 Å². The number of pyridine rings is 1. The van der Waals surface area contributed by atoms with Gasteiger partial charge in [0.05, 0.1) is 10.0 Å². The molecule has 0 bridgehead atoms. The smallest absolute Gasteiger partial charge is 0.478 e. The summed E-state index contributed by atoms with van der Waals surface area (Å²) in [5.74, 6) is -2.02. The number of rotatable bonds is 2. The Hall–Kier alpha value is -1.31. The molecule has 0 fully saturated rings. The summed E-state index contributed by atoms with van der Waals surface area (Å²) >= 11 is 2.72. The Bertz CT molecular complexity index is 394. The number of hydrogen-bond donors (Lipinski definition) is 1. The Balaban J connectivity index is 2.99. The van der Waals surface area contributed by atoms with Crippen molar-refractivity contribution in [1.29, 1.82) is 0 Å². The third kappa shape index (κ3) is 3.39. The lowest BCUT2D eigenvalue weighted by molar-refractivity contribution is -0.276. The molecule has 8 heteroatoms. The van der Waals surface area contributed by atoms with Crippen molar-refractivity contribution >= 4 is 21.9 Å². The van der Waals surface area contributed by atoms with E-state index in [-0.39, 0.29) is 10.0 Å². The van der Waals surface area contributed by atoms with Gasteiger partial charge in [-0.3, -0.25) is 0 Å². The van der Waals surface area contributed by atoms with Crippen LogP contribution in [0.5, 0.6) is 5.88 Å². The summed E-state index contributed by atoms with van der Waals surface area (Å²) in [7, 11) is 0. The molecular formula is C7H3BrF3NO3. The summed E-state index contributed by atoms with van der Waals surface area (Å²) < 4.78 is 38.7. The van der Waals surface area contributed by atoms with Crippen molar-refractivity contribution < 1.29 is 27.8 Å². The maximum atomic E-state index is 11.8. The number of aromatic nitrogens is 1. The second kappa shape index (κ2) is 4.05. The van der Waals surface area contributed by atoms with Gasteiger partial charge in [0.15, 0.2) is 0 Å². The number of alkyl halides is 3. The molecule has 4 nitrogen and oxygen atoms in total. The predicted octanol–water partition coefficient (Wildman–Crippen LogP) is 2.44. The van der Waals surface area contributed by atoms with Gasteiger partial charge in [0.1, 0.15) is 0 Å². The van der Waals surface area contributed by atoms with E-state index in [9.17, 15) is 18.0 Å². The van der Waals surface area contributed by atoms with Gasteiger partial charge in [-0.25, -0.2) is 9.78 Å². The first-order valence-corrected chi connectivity index (χ1v) is 4.23. The van der Waals surface area contributed by atoms with Crippen LogP contribution in [-0.2, 0) is 0 Å². The van der Waals surface area contributed by atoms with Crippen molar-refractivity contribution in [2.24, 2.45) is 0 Å². The molecule has 1 aromatic heterocycles. The number of carbonyl (C=O) groups is 1. The van der Waals surface area contributed by atoms with Crippen LogP contribution in [0.1, 0.15) is 10.4 Å². The number of nitrogens with zero attached hydrogens (tertiary/aromatic N) is 1. The van der Waals surface area contributed by atoms with Crippen LogP contribution >= 0.6 is 15.9 Å². The average Bonchev–Trinajstić information content (AvgIpc) is 2.05. The minimum Gasteiger partial charge on any atom is -0.478 e. The minimum absolute atomic E-state index is 0.181. The van der Waals surface area contributed by atoms with E-state index in [1.165, 1.54) is 0 Å². The maximum Gasteiger partial charge on any atom is 0.574 e. The standard InChI is InChI=1S/C7H3BrF3NO3/c8-4-1-3(6(13)14)2-12-5(4)15-7(9,10)11/h1-2H,(H,13,14). The number of carboxylic acid groups (broad SMARTS) is 1. The van der Waals surface area contributed by atoms with Crippen LogP contribution in [0.15, 0.2) is 16.7 Å². The molecule has 0 aliphatic carbocycles. The Morgan fingerprint density at radius 3 is 2.53 bits per heavy atom. The summed E-state index contributed by atoms with van der Waals surface area (Å²) in [6.07, 6.45) is -4.09. The number of halogens is 4. The molecular weight excluding hydrogens is 283 g/mol. The highest BCUT2D eigenvalue weighted by Gasteiger charge is 2.32. The van der Waals surface area contributed by atoms with E-state index in [0.717, 1.165) is 12.3 Å². The number of aromatic carboxylic acids is 1. The number of hydrogen-bond acceptors (Lipinski definition) is 3. The van der Waals surface area contributed by atoms with Gasteiger partial charge in [0.25, 0.3) is 0 Å². The summed E-state index contributed by atoms with van der Waals surface area (Å²) in [6.45, 7) is 0. The van der Waals surface area contributed by atoms with E-state index in [4.69, 9.17) is 5.11 Å². The van der Waals surface area contributed by atoms with Gasteiger partial charge in [0.2, 0.25) is 5.88 Å². The van der Waals surface area contributed by atoms with Gasteiger partial charge in [-0.2, -0.15) is 0 Å². The fraction of sp³-hybridized carbons (Fsp3) is 0.143. The first kappa shape index (κ1) is 11.8. The quantitative estimate of drug-likeness (QED) is 0.907. The third-order valence-electron chi connectivity index (χ3n) is 1.27. The molecule has 0 spiro atoms. The van der Waals surface area contributed by atoms with Crippen molar-refractivity contribution in [3.8, 4) is 5.88 Å². The Morgan fingerprint density at radius 2 is 2.13 bits per heavy atom. The molecule has 0 atom stereocenters. The van der Waals surface area contributed by atoms with Gasteiger partial charge < -0.3 is 9.84 Å². The van der Waals surface area contributed by atoms with Crippen molar-refractivity contribution in [3.05, 3.63) is 22.3 Å². The largest absolute Gasteiger partial charge is 0.574 e. The molecule has 0 aliphatic rings. The maximum absolute atomic E-state index is 11.8. The number of ether oxygens (including phenoxy) is 1. The third-order valence-corrected chi connectivity index (χ3v) is 1.83. The molecule has 1 heterocycles. The normalized spacial score (nSPS) is 11.2. The first-order valence-electron chi connectivity index (χ1n) is 3.44. The fourth-order valence-electron chi connectivity index (χ4n) is 0.727.